The van der Waals surface area contributed by atoms with E-state index < -0.39 is 11.9 Å². The summed E-state index contributed by atoms with van der Waals surface area (Å²) in [7, 11) is 0. The van der Waals surface area contributed by atoms with Gasteiger partial charge in [0.1, 0.15) is 11.5 Å². The number of pyridine rings is 2. The zero-order valence-corrected chi connectivity index (χ0v) is 10.4. The summed E-state index contributed by atoms with van der Waals surface area (Å²) >= 11 is 0. The monoisotopic (exact) mass is 267 g/mol. The number of anilines is 1. The number of hydrogen-bond donors (Lipinski definition) is 1. The van der Waals surface area contributed by atoms with E-state index in [1.165, 1.54) is 18.2 Å². The molecule has 0 saturated heterocycles. The molecular weight excluding hydrogens is 257 g/mol. The molecule has 20 heavy (non-hydrogen) atoms. The molecule has 4 nitrogen and oxygen atoms in total. The molecule has 0 fully saturated rings. The number of nitrogens with one attached hydrogen (secondary N) is 1. The molecule has 2 aromatic heterocycles. The number of fused-ring (bicyclic) bond motifs is 1. The van der Waals surface area contributed by atoms with E-state index in [1.807, 2.05) is 30.3 Å². The predicted octanol–water partition coefficient (Wildman–Crippen LogP) is 3.02. The van der Waals surface area contributed by atoms with Crippen LogP contribution in [-0.2, 0) is 0 Å². The highest BCUT2D eigenvalue weighted by Crippen LogP contribution is 2.17. The molecule has 98 valence electrons. The Kier molecular flexibility index (Phi) is 3.09. The highest BCUT2D eigenvalue weighted by molar-refractivity contribution is 6.10. The summed E-state index contributed by atoms with van der Waals surface area (Å²) in [4.78, 5) is 19.9. The van der Waals surface area contributed by atoms with E-state index in [0.29, 0.717) is 0 Å². The molecule has 0 saturated carbocycles. The molecule has 2 heterocycles. The predicted molar refractivity (Wildman–Crippen MR) is 73.9 cm³/mol. The van der Waals surface area contributed by atoms with E-state index in [2.05, 4.69) is 15.3 Å². The van der Waals surface area contributed by atoms with Crippen LogP contribution in [0.1, 0.15) is 10.5 Å². The van der Waals surface area contributed by atoms with E-state index in [1.54, 1.807) is 6.20 Å². The van der Waals surface area contributed by atoms with Gasteiger partial charge in [0, 0.05) is 11.6 Å². The molecule has 0 bridgehead atoms. The minimum absolute atomic E-state index is 0.157. The van der Waals surface area contributed by atoms with Gasteiger partial charge in [-0.25, -0.2) is 4.98 Å². The summed E-state index contributed by atoms with van der Waals surface area (Å²) in [5, 5.41) is 4.19. The first-order valence-electron chi connectivity index (χ1n) is 6.02. The van der Waals surface area contributed by atoms with Crippen LogP contribution in [0.15, 0.2) is 54.7 Å². The fraction of sp³-hybridized carbons (Fsp3) is 0. The third-order valence-electron chi connectivity index (χ3n) is 2.85. The van der Waals surface area contributed by atoms with Gasteiger partial charge in [-0.2, -0.15) is 4.39 Å². The number of rotatable bonds is 2. The van der Waals surface area contributed by atoms with Crippen molar-refractivity contribution < 1.29 is 9.18 Å². The van der Waals surface area contributed by atoms with Crippen LogP contribution in [0.25, 0.3) is 10.8 Å². The number of nitrogens with zero attached hydrogens (tertiary/aromatic N) is 2. The number of hydrogen-bond acceptors (Lipinski definition) is 3. The van der Waals surface area contributed by atoms with Crippen LogP contribution in [0.2, 0.25) is 0 Å². The largest absolute Gasteiger partial charge is 0.305 e. The van der Waals surface area contributed by atoms with Gasteiger partial charge in [0.25, 0.3) is 5.91 Å². The van der Waals surface area contributed by atoms with Crippen molar-refractivity contribution >= 4 is 22.5 Å². The molecule has 0 aliphatic heterocycles. The van der Waals surface area contributed by atoms with Crippen LogP contribution < -0.4 is 5.32 Å². The first-order valence-corrected chi connectivity index (χ1v) is 6.02. The van der Waals surface area contributed by atoms with Gasteiger partial charge < -0.3 is 5.32 Å². The fourth-order valence-electron chi connectivity index (χ4n) is 1.95. The van der Waals surface area contributed by atoms with Crippen LogP contribution in [0.3, 0.4) is 0 Å². The number of carbonyl (C=O) groups is 1. The van der Waals surface area contributed by atoms with Gasteiger partial charge in [0.05, 0.1) is 0 Å². The lowest BCUT2D eigenvalue weighted by molar-refractivity contribution is 0.102. The third-order valence-corrected chi connectivity index (χ3v) is 2.85. The van der Waals surface area contributed by atoms with Crippen LogP contribution in [0.4, 0.5) is 10.2 Å². The number of carbonyl (C=O) groups excluding carboxylic acids is 1. The van der Waals surface area contributed by atoms with Crippen molar-refractivity contribution in [1.82, 2.24) is 9.97 Å². The van der Waals surface area contributed by atoms with Crippen LogP contribution in [0, 0.1) is 5.95 Å². The minimum Gasteiger partial charge on any atom is -0.305 e. The molecule has 0 spiro atoms. The summed E-state index contributed by atoms with van der Waals surface area (Å²) in [6, 6.07) is 13.5. The van der Waals surface area contributed by atoms with E-state index in [-0.39, 0.29) is 11.5 Å². The van der Waals surface area contributed by atoms with E-state index >= 15 is 0 Å². The van der Waals surface area contributed by atoms with Gasteiger partial charge >= 0.3 is 0 Å². The van der Waals surface area contributed by atoms with E-state index in [0.717, 1.165) is 10.8 Å². The fourth-order valence-corrected chi connectivity index (χ4v) is 1.95. The lowest BCUT2D eigenvalue weighted by Crippen LogP contribution is -2.15. The molecule has 1 amide bonds. The van der Waals surface area contributed by atoms with Crippen molar-refractivity contribution in [3.05, 3.63) is 66.4 Å². The van der Waals surface area contributed by atoms with Crippen LogP contribution in [-0.4, -0.2) is 15.9 Å². The maximum absolute atomic E-state index is 13.0. The van der Waals surface area contributed by atoms with Crippen molar-refractivity contribution in [2.24, 2.45) is 0 Å². The number of benzene rings is 1. The molecule has 5 heteroatoms. The lowest BCUT2D eigenvalue weighted by atomic mass is 10.1. The molecule has 1 N–H and O–H groups in total. The normalized spacial score (nSPS) is 10.4. The maximum atomic E-state index is 13.0. The average Bonchev–Trinajstić information content (AvgIpc) is 2.46. The Balaban J connectivity index is 1.97. The smallest absolute Gasteiger partial charge is 0.276 e. The quantitative estimate of drug-likeness (QED) is 0.726. The molecule has 3 rings (SSSR count). The third kappa shape index (κ3) is 2.33. The van der Waals surface area contributed by atoms with Crippen molar-refractivity contribution in [2.45, 2.75) is 0 Å². The summed E-state index contributed by atoms with van der Waals surface area (Å²) in [5.74, 6) is -0.904. The summed E-state index contributed by atoms with van der Waals surface area (Å²) < 4.78 is 13.0. The van der Waals surface area contributed by atoms with Gasteiger partial charge in [-0.1, -0.05) is 30.3 Å². The Labute approximate surface area is 114 Å². The standard InChI is InChI=1S/C15H10FN3O/c16-12-6-3-7-13(18-12)19-15(20)14-11-5-2-1-4-10(11)8-9-17-14/h1-9H,(H,18,19,20). The number of aromatic nitrogens is 2. The zero-order chi connectivity index (χ0) is 13.9. The zero-order valence-electron chi connectivity index (χ0n) is 10.4. The average molecular weight is 267 g/mol. The van der Waals surface area contributed by atoms with E-state index in [9.17, 15) is 9.18 Å². The molecule has 3 aromatic rings. The van der Waals surface area contributed by atoms with Gasteiger partial charge in [0.15, 0.2) is 0 Å². The van der Waals surface area contributed by atoms with Gasteiger partial charge in [-0.15, -0.1) is 0 Å². The molecule has 0 unspecified atom stereocenters. The maximum Gasteiger partial charge on any atom is 0.276 e. The van der Waals surface area contributed by atoms with E-state index in [4.69, 9.17) is 0 Å². The van der Waals surface area contributed by atoms with Crippen molar-refractivity contribution in [3.8, 4) is 0 Å². The van der Waals surface area contributed by atoms with Gasteiger partial charge in [-0.05, 0) is 23.6 Å². The second kappa shape index (κ2) is 5.05. The van der Waals surface area contributed by atoms with Crippen molar-refractivity contribution in [3.63, 3.8) is 0 Å². The second-order valence-corrected chi connectivity index (χ2v) is 4.18. The summed E-state index contributed by atoms with van der Waals surface area (Å²) in [6.45, 7) is 0. The first-order chi connectivity index (χ1) is 9.74. The van der Waals surface area contributed by atoms with Crippen LogP contribution in [0.5, 0.6) is 0 Å². The molecule has 0 atom stereocenters. The minimum atomic E-state index is -0.645. The lowest BCUT2D eigenvalue weighted by Gasteiger charge is -2.06. The van der Waals surface area contributed by atoms with Crippen LogP contribution >= 0.6 is 0 Å². The Bertz CT molecular complexity index is 783. The second-order valence-electron chi connectivity index (χ2n) is 4.18. The SMILES string of the molecule is O=C(Nc1cccc(F)n1)c1nccc2ccccc12. The molecular formula is C15H10FN3O. The Hall–Kier alpha value is -2.82. The molecule has 0 radical (unpaired) electrons. The molecule has 0 aliphatic carbocycles. The Morgan fingerprint density at radius 1 is 1.05 bits per heavy atom. The molecule has 1 aromatic carbocycles. The topological polar surface area (TPSA) is 54.9 Å². The summed E-state index contributed by atoms with van der Waals surface area (Å²) in [6.07, 6.45) is 1.57. The van der Waals surface area contributed by atoms with Crippen molar-refractivity contribution in [1.29, 1.82) is 0 Å². The first kappa shape index (κ1) is 12.2. The van der Waals surface area contributed by atoms with Gasteiger partial charge in [0.2, 0.25) is 5.95 Å². The number of halogens is 1. The Morgan fingerprint density at radius 3 is 2.75 bits per heavy atom. The highest BCUT2D eigenvalue weighted by Gasteiger charge is 2.12. The molecule has 0 aliphatic rings. The Morgan fingerprint density at radius 2 is 1.90 bits per heavy atom. The summed E-state index contributed by atoms with van der Waals surface area (Å²) in [5.41, 5.74) is 0.286. The van der Waals surface area contributed by atoms with Crippen molar-refractivity contribution in [2.75, 3.05) is 5.32 Å². The highest BCUT2D eigenvalue weighted by atomic mass is 19.1. The number of amides is 1. The van der Waals surface area contributed by atoms with Gasteiger partial charge in [-0.3, -0.25) is 9.78 Å².